The normalized spacial score (nSPS) is 13.6. The van der Waals surface area contributed by atoms with Crippen molar-refractivity contribution in [3.05, 3.63) is 340 Å². The van der Waals surface area contributed by atoms with E-state index in [1.54, 1.807) is 22.7 Å². The van der Waals surface area contributed by atoms with E-state index in [0.29, 0.717) is 6.73 Å². The average Bonchev–Trinajstić information content (AvgIpc) is 1.62. The number of benzene rings is 5. The molecule has 0 spiro atoms. The Hall–Kier alpha value is -10.2. The number of ketones is 3. The molecule has 12 heterocycles. The molecule has 17 rings (SSSR count). The summed E-state index contributed by atoms with van der Waals surface area (Å²) >= 11 is 3.46. The summed E-state index contributed by atoms with van der Waals surface area (Å²) in [5.41, 5.74) is 24.2. The second-order valence-electron chi connectivity index (χ2n) is 27.9. The van der Waals surface area contributed by atoms with Crippen LogP contribution >= 0.6 is 22.7 Å². The number of aromatic nitrogens is 4. The number of allylic oxidation sites excluding steroid dienone is 18. The van der Waals surface area contributed by atoms with Crippen molar-refractivity contribution < 1.29 is 120 Å². The van der Waals surface area contributed by atoms with Gasteiger partial charge in [-0.15, -0.1) is 83.1 Å². The van der Waals surface area contributed by atoms with E-state index >= 15 is 0 Å². The van der Waals surface area contributed by atoms with Gasteiger partial charge < -0.3 is 35.0 Å². The molecule has 0 saturated heterocycles. The van der Waals surface area contributed by atoms with Gasteiger partial charge in [-0.3, -0.25) is 14.4 Å². The molecule has 6 aromatic heterocycles. The third-order valence-corrected chi connectivity index (χ3v) is 21.4. The van der Waals surface area contributed by atoms with Gasteiger partial charge in [-0.2, -0.15) is 4.57 Å². The summed E-state index contributed by atoms with van der Waals surface area (Å²) in [7, 11) is 0. The third-order valence-electron chi connectivity index (χ3n) is 19.2. The van der Waals surface area contributed by atoms with Crippen molar-refractivity contribution in [2.24, 2.45) is 20.0 Å². The minimum absolute atomic E-state index is 0. The van der Waals surface area contributed by atoms with Crippen molar-refractivity contribution in [1.82, 2.24) is 15.0 Å². The van der Waals surface area contributed by atoms with Crippen LogP contribution in [0.25, 0.3) is 74.2 Å². The molecule has 125 heavy (non-hydrogen) atoms. The summed E-state index contributed by atoms with van der Waals surface area (Å²) < 4.78 is 10.1. The number of para-hydroxylation sites is 1. The minimum atomic E-state index is -0.125. The molecular weight excluding hydrogens is 2310 g/mol. The number of carbonyl (C=O) groups excluding carboxylic acids is 3. The zero-order valence-electron chi connectivity index (χ0n) is 70.9. The van der Waals surface area contributed by atoms with E-state index in [-0.39, 0.29) is 138 Å². The molecule has 0 unspecified atom stereocenters. The maximum Gasteiger partial charge on any atom is 0.293 e. The van der Waals surface area contributed by atoms with Crippen molar-refractivity contribution in [3.8, 4) is 38.1 Å². The van der Waals surface area contributed by atoms with Gasteiger partial charge in [-0.05, 0) is 234 Å². The first-order valence-corrected chi connectivity index (χ1v) is 41.4. The van der Waals surface area contributed by atoms with Gasteiger partial charge in [0.2, 0.25) is 0 Å². The Morgan fingerprint density at radius 3 is 1.22 bits per heavy atom. The van der Waals surface area contributed by atoms with E-state index in [1.165, 1.54) is 146 Å². The number of pyridine rings is 4. The van der Waals surface area contributed by atoms with Gasteiger partial charge in [0.15, 0.2) is 29.3 Å². The number of ether oxygens (including phenoxy) is 1. The molecule has 0 aliphatic carbocycles. The first-order chi connectivity index (χ1) is 57.1. The zero-order valence-corrected chi connectivity index (χ0v) is 81.9. The summed E-state index contributed by atoms with van der Waals surface area (Å²) in [5.74, 6) is 0.806. The molecule has 6 aliphatic rings. The fourth-order valence-corrected chi connectivity index (χ4v) is 16.1. The van der Waals surface area contributed by atoms with Crippen LogP contribution in [0.2, 0.25) is 0 Å². The van der Waals surface area contributed by atoms with Crippen LogP contribution in [0.3, 0.4) is 0 Å². The average molecular weight is 2420 g/mol. The largest absolute Gasteiger partial charge is 0.512 e. The van der Waals surface area contributed by atoms with Gasteiger partial charge in [-0.1, -0.05) is 150 Å². The number of aliphatic imine (C=N–C) groups is 4. The molecule has 0 saturated carbocycles. The monoisotopic (exact) mass is 2420 g/mol. The first kappa shape index (κ1) is 109. The van der Waals surface area contributed by atoms with Crippen molar-refractivity contribution in [2.75, 3.05) is 0 Å². The Bertz CT molecular complexity index is 5760. The molecule has 3 N–H and O–H groups in total. The van der Waals surface area contributed by atoms with Crippen LogP contribution in [-0.4, -0.2) is 70.5 Å². The van der Waals surface area contributed by atoms with E-state index in [4.69, 9.17) is 40.0 Å². The maximum atomic E-state index is 10.0. The Kier molecular flexibility index (Phi) is 47.1. The first-order valence-electron chi connectivity index (χ1n) is 39.8. The van der Waals surface area contributed by atoms with Gasteiger partial charge in [0.1, 0.15) is 0 Å². The van der Waals surface area contributed by atoms with Crippen molar-refractivity contribution in [2.45, 2.75) is 171 Å². The molecule has 6 aliphatic heterocycles. The number of fused-ring (bicyclic) bond motifs is 7. The fourth-order valence-electron chi connectivity index (χ4n) is 14.1. The number of hydrogen-bond donors (Lipinski definition) is 3. The fraction of sp³-hybridized carbons (Fsp3) is 0.240. The molecule has 3 radical (unpaired) electrons. The third kappa shape index (κ3) is 29.4. The van der Waals surface area contributed by atoms with Crippen LogP contribution < -0.4 is 9.30 Å². The van der Waals surface area contributed by atoms with Crippen LogP contribution in [0.5, 0.6) is 5.75 Å². The van der Waals surface area contributed by atoms with Crippen LogP contribution in [0.1, 0.15) is 164 Å². The number of aliphatic hydroxyl groups is 3. The summed E-state index contributed by atoms with van der Waals surface area (Å²) in [4.78, 5) is 66.2. The standard InChI is InChI=1S/C35H42N4.C15H10N.2C13H8NS.C10H8NO.3C5H8O2.3CH4.3Ir.Pt/c1-9-21-20(8)28-16-30-22(10-2)23(11-3)32(37-30)18-34-26(14-6)27(15-7)35(39-34)19-33-25(13-5)24(12-4)31(38-33)17-29(21)36-28;1-2-7-13(8-3-1)15-14-9-5-4-6-12(14)10-11-16-15;2*1-2-7-12-10(5-1)9-13(15-12)11-6-3-4-8-14-11;1-3-8-4-2-6-11-7-12-9(5-1)10(8)11;3*1-4(6)3-5(2)7;;;;;;;/h16-19H,9-15H2,1-8H3;1-7,9-11H;2*1-8H;1-6H,7H2;3*3,6H,1-2H3;3*1H4;;;;/q;3*-1;+1;;;;;;;;;;. The van der Waals surface area contributed by atoms with Crippen LogP contribution in [0.15, 0.2) is 342 Å². The summed E-state index contributed by atoms with van der Waals surface area (Å²) in [5, 5.41) is 31.1. The van der Waals surface area contributed by atoms with Gasteiger partial charge in [0, 0.05) is 136 Å². The number of nitrogens with zero attached hydrogens (tertiary/aromatic N) is 8. The van der Waals surface area contributed by atoms with Crippen LogP contribution in [0.4, 0.5) is 0 Å². The zero-order chi connectivity index (χ0) is 84.4. The summed E-state index contributed by atoms with van der Waals surface area (Å²) in [6, 6.07) is 66.9. The number of aliphatic hydroxyl groups excluding tert-OH is 3. The Morgan fingerprint density at radius 2 is 0.824 bits per heavy atom. The van der Waals surface area contributed by atoms with Crippen LogP contribution in [-0.2, 0) is 102 Å². The van der Waals surface area contributed by atoms with E-state index in [9.17, 15) is 14.4 Å². The van der Waals surface area contributed by atoms with Gasteiger partial charge >= 0.3 is 0 Å². The van der Waals surface area contributed by atoms with Gasteiger partial charge in [0.05, 0.1) is 68.3 Å². The predicted molar refractivity (Wildman–Crippen MR) is 508 cm³/mol. The van der Waals surface area contributed by atoms with Crippen LogP contribution in [0, 0.1) is 18.2 Å². The Morgan fingerprint density at radius 1 is 0.432 bits per heavy atom. The smallest absolute Gasteiger partial charge is 0.293 e. The molecule has 21 heteroatoms. The molecule has 11 aromatic rings. The van der Waals surface area contributed by atoms with Gasteiger partial charge in [0.25, 0.3) is 12.2 Å². The molecule has 0 amide bonds. The molecule has 5 aromatic carbocycles. The van der Waals surface area contributed by atoms with E-state index in [2.05, 4.69) is 178 Å². The van der Waals surface area contributed by atoms with Crippen molar-refractivity contribution in [3.63, 3.8) is 0 Å². The quantitative estimate of drug-likeness (QED) is 0.0430. The number of rotatable bonds is 13. The topological polar surface area (TPSA) is 213 Å². The van der Waals surface area contributed by atoms with Gasteiger partial charge in [-0.25, -0.2) is 42.6 Å². The maximum absolute atomic E-state index is 10.0. The second kappa shape index (κ2) is 54.0. The molecule has 661 valence electrons. The SMILES string of the molecule is C.C.C.CC(=O)C=C(C)O.CC(=O)C=C(C)O.CC(=O)C=C(C)O.CCC1=C(C)C2=CC3=NC(=CC4=NC(=CC5=NC(=CC1=N2)C(CC)=C5CC)C(CC)=C4CC)C(CC)=C3CC.[Ir].[Ir].[Ir].[Pt].[c-]1c(-c2ccccn2)sc2ccccc12.[c-]1c(-c2ccccn2)sc2ccccc12.[c-]1ccccc1-c1nccc2ccccc12.c1cc2c3c(c1)ccc[n+]3CO2. The predicted octanol–water partition coefficient (Wildman–Crippen LogP) is 27.1. The van der Waals surface area contributed by atoms with Crippen molar-refractivity contribution >= 4 is 105 Å². The number of carbonyl (C=O) groups is 3. The molecule has 15 nitrogen and oxygen atoms in total. The van der Waals surface area contributed by atoms with Crippen molar-refractivity contribution in [1.29, 1.82) is 0 Å². The molecule has 0 fully saturated rings. The van der Waals surface area contributed by atoms with E-state index in [1.807, 2.05) is 134 Å². The summed E-state index contributed by atoms with van der Waals surface area (Å²) in [6.45, 7) is 27.0. The molecule has 0 atom stereocenters. The van der Waals surface area contributed by atoms with E-state index in [0.717, 1.165) is 129 Å². The Balaban J connectivity index is 0.000000397. The molecule has 8 bridgehead atoms. The number of thiophene rings is 2. The second-order valence-corrected chi connectivity index (χ2v) is 30.0. The minimum Gasteiger partial charge on any atom is -0.512 e. The Labute approximate surface area is 801 Å². The molecular formula is C104H112Ir3N8O7PtS2-2. The summed E-state index contributed by atoms with van der Waals surface area (Å²) in [6.07, 6.45) is 26.6. The number of hydrogen-bond acceptors (Lipinski definition) is 16. The van der Waals surface area contributed by atoms with E-state index < -0.39 is 0 Å².